The molecule has 0 aromatic heterocycles. The van der Waals surface area contributed by atoms with Crippen LogP contribution < -0.4 is 0 Å². The molecule has 0 atom stereocenters. The van der Waals surface area contributed by atoms with Gasteiger partial charge in [-0.25, -0.2) is 4.79 Å². The minimum atomic E-state index is -6.13. The largest absolute Gasteiger partial charge is 0.456 e. The summed E-state index contributed by atoms with van der Waals surface area (Å²) in [6.45, 7) is 0.397. The lowest BCUT2D eigenvalue weighted by atomic mass is 10.0. The smallest absolute Gasteiger partial charge is 0.380 e. The average molecular weight is 282 g/mol. The molecular formula is C8H8F6O4. The van der Waals surface area contributed by atoms with Gasteiger partial charge in [-0.2, -0.15) is 26.3 Å². The maximum absolute atomic E-state index is 12.8. The van der Waals surface area contributed by atoms with E-state index in [-0.39, 0.29) is 0 Å². The van der Waals surface area contributed by atoms with Crippen molar-refractivity contribution in [2.75, 3.05) is 6.61 Å². The molecule has 0 aliphatic carbocycles. The second-order valence-electron chi connectivity index (χ2n) is 3.09. The first-order valence-corrected chi connectivity index (χ1v) is 4.19. The lowest BCUT2D eigenvalue weighted by molar-refractivity contribution is -0.364. The summed E-state index contributed by atoms with van der Waals surface area (Å²) < 4.78 is 79.7. The predicted molar refractivity (Wildman–Crippen MR) is 44.2 cm³/mol. The van der Waals surface area contributed by atoms with Gasteiger partial charge in [0.25, 0.3) is 0 Å². The van der Waals surface area contributed by atoms with Crippen LogP contribution in [0.3, 0.4) is 0 Å². The zero-order chi connectivity index (χ0) is 14.8. The van der Waals surface area contributed by atoms with Crippen LogP contribution in [-0.4, -0.2) is 46.8 Å². The number of esters is 1. The Morgan fingerprint density at radius 1 is 1.22 bits per heavy atom. The lowest BCUT2D eigenvalue weighted by Crippen LogP contribution is -2.61. The van der Waals surface area contributed by atoms with E-state index in [9.17, 15) is 31.1 Å². The second kappa shape index (κ2) is 5.14. The van der Waals surface area contributed by atoms with Gasteiger partial charge in [0.05, 0.1) is 0 Å². The van der Waals surface area contributed by atoms with Crippen LogP contribution in [0.15, 0.2) is 12.7 Å². The number of hydrogen-bond donors (Lipinski definition) is 2. The molecule has 0 aliphatic heterocycles. The summed E-state index contributed by atoms with van der Waals surface area (Å²) in [5, 5.41) is 15.9. The van der Waals surface area contributed by atoms with Crippen LogP contribution in [-0.2, 0) is 9.53 Å². The van der Waals surface area contributed by atoms with E-state index in [0.717, 1.165) is 0 Å². The van der Waals surface area contributed by atoms with E-state index < -0.39 is 36.6 Å². The molecule has 106 valence electrons. The zero-order valence-corrected chi connectivity index (χ0v) is 8.55. The maximum Gasteiger partial charge on any atom is 0.380 e. The van der Waals surface area contributed by atoms with Gasteiger partial charge in [0.15, 0.2) is 6.61 Å². The van der Waals surface area contributed by atoms with Gasteiger partial charge in [0, 0.05) is 6.08 Å². The van der Waals surface area contributed by atoms with Gasteiger partial charge in [0.1, 0.15) is 0 Å². The number of hydrogen-bond acceptors (Lipinski definition) is 4. The van der Waals surface area contributed by atoms with Crippen molar-refractivity contribution in [1.82, 2.24) is 0 Å². The minimum Gasteiger partial charge on any atom is -0.456 e. The number of aliphatic hydroxyl groups excluding tert-OH is 1. The highest BCUT2D eigenvalue weighted by atomic mass is 19.3. The molecule has 0 amide bonds. The molecule has 0 saturated carbocycles. The van der Waals surface area contributed by atoms with Crippen molar-refractivity contribution in [2.45, 2.75) is 24.1 Å². The molecule has 0 aromatic carbocycles. The molecular weight excluding hydrogens is 274 g/mol. The number of carbonyl (C=O) groups excluding carboxylic acids is 1. The number of carbonyl (C=O) groups is 1. The van der Waals surface area contributed by atoms with Crippen molar-refractivity contribution in [3.05, 3.63) is 12.7 Å². The van der Waals surface area contributed by atoms with Crippen molar-refractivity contribution in [3.63, 3.8) is 0 Å². The zero-order valence-electron chi connectivity index (χ0n) is 8.55. The molecule has 2 N–H and O–H groups in total. The monoisotopic (exact) mass is 282 g/mol. The number of rotatable bonds is 6. The fourth-order valence-electron chi connectivity index (χ4n) is 0.717. The van der Waals surface area contributed by atoms with Crippen molar-refractivity contribution < 1.29 is 46.1 Å². The van der Waals surface area contributed by atoms with Gasteiger partial charge in [-0.05, 0) is 0 Å². The molecule has 0 bridgehead atoms. The molecule has 0 spiro atoms. The molecule has 4 nitrogen and oxygen atoms in total. The van der Waals surface area contributed by atoms with Gasteiger partial charge in [-0.3, -0.25) is 0 Å². The maximum atomic E-state index is 12.8. The molecule has 0 saturated heterocycles. The Morgan fingerprint density at radius 3 is 2.00 bits per heavy atom. The Balaban J connectivity index is 5.07. The Labute approximate surface area is 96.5 Å². The summed E-state index contributed by atoms with van der Waals surface area (Å²) in [6.07, 6.45) is -3.65. The first kappa shape index (κ1) is 16.7. The molecule has 18 heavy (non-hydrogen) atoms. The summed E-state index contributed by atoms with van der Waals surface area (Å²) in [4.78, 5) is 10.4. The standard InChI is InChI=1S/C8H8F6O4/c1-2-4(15)18-3-6(9,10)8(13,14)7(11,12)5(16)17/h2,5,16-17H,1,3H2. The molecule has 0 heterocycles. The first-order chi connectivity index (χ1) is 7.90. The molecule has 0 fully saturated rings. The Kier molecular flexibility index (Phi) is 4.77. The van der Waals surface area contributed by atoms with Gasteiger partial charge < -0.3 is 14.9 Å². The third-order valence-electron chi connectivity index (χ3n) is 1.76. The number of halogens is 6. The van der Waals surface area contributed by atoms with E-state index in [2.05, 4.69) is 11.3 Å². The first-order valence-electron chi connectivity index (χ1n) is 4.19. The number of alkyl halides is 6. The SMILES string of the molecule is C=CC(=O)OCC(F)(F)C(F)(F)C(F)(F)C(O)O. The van der Waals surface area contributed by atoms with Crippen molar-refractivity contribution in [3.8, 4) is 0 Å². The average Bonchev–Trinajstić information content (AvgIpc) is 2.25. The summed E-state index contributed by atoms with van der Waals surface area (Å²) in [5.41, 5.74) is 0. The van der Waals surface area contributed by atoms with Crippen LogP contribution >= 0.6 is 0 Å². The van der Waals surface area contributed by atoms with E-state index in [1.165, 1.54) is 0 Å². The minimum absolute atomic E-state index is 0.354. The van der Waals surface area contributed by atoms with Gasteiger partial charge in [-0.15, -0.1) is 0 Å². The third-order valence-corrected chi connectivity index (χ3v) is 1.76. The number of ether oxygens (including phenoxy) is 1. The highest BCUT2D eigenvalue weighted by Gasteiger charge is 2.74. The van der Waals surface area contributed by atoms with Gasteiger partial charge in [0.2, 0.25) is 6.29 Å². The lowest BCUT2D eigenvalue weighted by Gasteiger charge is -2.32. The van der Waals surface area contributed by atoms with E-state index in [0.29, 0.717) is 6.08 Å². The molecule has 0 aliphatic rings. The summed E-state index contributed by atoms with van der Waals surface area (Å²) >= 11 is 0. The van der Waals surface area contributed by atoms with Crippen molar-refractivity contribution in [1.29, 1.82) is 0 Å². The fraction of sp³-hybridized carbons (Fsp3) is 0.625. The highest BCUT2D eigenvalue weighted by Crippen LogP contribution is 2.47. The Hall–Kier alpha value is -1.29. The van der Waals surface area contributed by atoms with Crippen LogP contribution in [0.5, 0.6) is 0 Å². The Morgan fingerprint density at radius 2 is 1.67 bits per heavy atom. The molecule has 0 radical (unpaired) electrons. The Bertz CT molecular complexity index is 328. The van der Waals surface area contributed by atoms with Crippen LogP contribution in [0.2, 0.25) is 0 Å². The second-order valence-corrected chi connectivity index (χ2v) is 3.09. The summed E-state index contributed by atoms with van der Waals surface area (Å²) in [6, 6.07) is 0. The van der Waals surface area contributed by atoms with Crippen LogP contribution in [0, 0.1) is 0 Å². The van der Waals surface area contributed by atoms with Crippen molar-refractivity contribution >= 4 is 5.97 Å². The normalized spacial score (nSPS) is 13.6. The van der Waals surface area contributed by atoms with E-state index >= 15 is 0 Å². The third kappa shape index (κ3) is 2.93. The van der Waals surface area contributed by atoms with E-state index in [1.54, 1.807) is 0 Å². The van der Waals surface area contributed by atoms with Gasteiger partial charge >= 0.3 is 23.7 Å². The van der Waals surface area contributed by atoms with E-state index in [4.69, 9.17) is 10.2 Å². The van der Waals surface area contributed by atoms with Gasteiger partial charge in [-0.1, -0.05) is 6.58 Å². The van der Waals surface area contributed by atoms with E-state index in [1.807, 2.05) is 0 Å². The molecule has 10 heteroatoms. The number of aliphatic hydroxyl groups is 2. The summed E-state index contributed by atoms with van der Waals surface area (Å²) in [5.74, 6) is -19.0. The van der Waals surface area contributed by atoms with Crippen LogP contribution in [0.1, 0.15) is 0 Å². The predicted octanol–water partition coefficient (Wildman–Crippen LogP) is 0.932. The molecule has 0 aromatic rings. The van der Waals surface area contributed by atoms with Crippen LogP contribution in [0.25, 0.3) is 0 Å². The van der Waals surface area contributed by atoms with Crippen LogP contribution in [0.4, 0.5) is 26.3 Å². The van der Waals surface area contributed by atoms with Crippen molar-refractivity contribution in [2.24, 2.45) is 0 Å². The molecule has 0 rings (SSSR count). The fourth-order valence-corrected chi connectivity index (χ4v) is 0.717. The topological polar surface area (TPSA) is 66.8 Å². The quantitative estimate of drug-likeness (QED) is 0.329. The molecule has 0 unspecified atom stereocenters. The summed E-state index contributed by atoms with van der Waals surface area (Å²) in [7, 11) is 0. The highest BCUT2D eigenvalue weighted by molar-refractivity contribution is 5.81.